The van der Waals surface area contributed by atoms with Crippen molar-refractivity contribution in [3.63, 3.8) is 0 Å². The molecule has 0 saturated heterocycles. The van der Waals surface area contributed by atoms with Gasteiger partial charge in [0, 0.05) is 16.8 Å². The molecule has 2 unspecified atom stereocenters. The second-order valence-corrected chi connectivity index (χ2v) is 11.7. The quantitative estimate of drug-likeness (QED) is 0.247. The van der Waals surface area contributed by atoms with E-state index in [4.69, 9.17) is 20.9 Å². The third kappa shape index (κ3) is 5.80. The van der Waals surface area contributed by atoms with Gasteiger partial charge in [-0.3, -0.25) is 0 Å². The molecule has 196 valence electrons. The molecule has 1 saturated carbocycles. The van der Waals surface area contributed by atoms with Gasteiger partial charge in [0.2, 0.25) is 0 Å². The summed E-state index contributed by atoms with van der Waals surface area (Å²) in [7, 11) is 0. The van der Waals surface area contributed by atoms with Gasteiger partial charge in [-0.25, -0.2) is 0 Å². The fraction of sp³-hybridized carbons (Fsp3) is 0.294. The molecule has 5 rings (SSSR count). The molecule has 0 radical (unpaired) electrons. The highest BCUT2D eigenvalue weighted by Gasteiger charge is 2.45. The molecule has 4 heteroatoms. The molecular formula is C34H38N2O2. The average molecular weight is 507 g/mol. The Labute approximate surface area is 226 Å². The van der Waals surface area contributed by atoms with Crippen molar-refractivity contribution in [2.45, 2.75) is 52.1 Å². The maximum atomic E-state index is 6.09. The Balaban J connectivity index is 1.41. The van der Waals surface area contributed by atoms with Crippen LogP contribution >= 0.6 is 0 Å². The summed E-state index contributed by atoms with van der Waals surface area (Å²) in [6, 6.07) is 32.7. The highest BCUT2D eigenvalue weighted by Crippen LogP contribution is 2.53. The van der Waals surface area contributed by atoms with Crippen molar-refractivity contribution in [3.05, 3.63) is 114 Å². The number of hydrogen-bond acceptors (Lipinski definition) is 4. The van der Waals surface area contributed by atoms with Crippen LogP contribution in [0.4, 0.5) is 11.4 Å². The predicted octanol–water partition coefficient (Wildman–Crippen LogP) is 8.35. The lowest BCUT2D eigenvalue weighted by atomic mass is 9.55. The van der Waals surface area contributed by atoms with Crippen LogP contribution in [0.1, 0.15) is 56.7 Å². The predicted molar refractivity (Wildman–Crippen MR) is 157 cm³/mol. The summed E-state index contributed by atoms with van der Waals surface area (Å²) in [6.07, 6.45) is 3.46. The van der Waals surface area contributed by atoms with Gasteiger partial charge >= 0.3 is 0 Å². The standard InChI is InChI=1S/C34H38N2O2/c1-24-20-33(2,3)23-34(21-24,27-8-14-31(15-9-27)38-32-18-12-29(36)13-19-32)26-6-4-25(5-7-26)22-37-30-16-10-28(35)11-17-30/h4-19,24H,20-23,35-36H2,1-3H3. The molecule has 4 nitrogen and oxygen atoms in total. The minimum Gasteiger partial charge on any atom is -0.489 e. The SMILES string of the molecule is CC1CC(C)(C)CC(c2ccc(COc3ccc(N)cc3)cc2)(c2ccc(Oc3ccc(N)cc3)cc2)C1. The zero-order chi connectivity index (χ0) is 26.8. The van der Waals surface area contributed by atoms with Crippen molar-refractivity contribution in [1.82, 2.24) is 0 Å². The van der Waals surface area contributed by atoms with E-state index in [2.05, 4.69) is 69.3 Å². The van der Waals surface area contributed by atoms with Crippen LogP contribution in [-0.2, 0) is 12.0 Å². The molecule has 4 aromatic rings. The smallest absolute Gasteiger partial charge is 0.127 e. The van der Waals surface area contributed by atoms with Crippen molar-refractivity contribution in [3.8, 4) is 17.2 Å². The molecule has 0 heterocycles. The lowest BCUT2D eigenvalue weighted by Crippen LogP contribution is -2.41. The topological polar surface area (TPSA) is 70.5 Å². The van der Waals surface area contributed by atoms with Gasteiger partial charge in [-0.05, 0) is 108 Å². The summed E-state index contributed by atoms with van der Waals surface area (Å²) in [5.41, 5.74) is 17.1. The minimum atomic E-state index is -0.0583. The highest BCUT2D eigenvalue weighted by molar-refractivity contribution is 5.46. The van der Waals surface area contributed by atoms with Crippen molar-refractivity contribution in [2.24, 2.45) is 11.3 Å². The van der Waals surface area contributed by atoms with E-state index in [1.54, 1.807) is 0 Å². The Hall–Kier alpha value is -3.92. The Kier molecular flexibility index (Phi) is 7.07. The van der Waals surface area contributed by atoms with E-state index < -0.39 is 0 Å². The first-order chi connectivity index (χ1) is 18.2. The zero-order valence-corrected chi connectivity index (χ0v) is 22.6. The van der Waals surface area contributed by atoms with Crippen LogP contribution < -0.4 is 20.9 Å². The van der Waals surface area contributed by atoms with E-state index in [-0.39, 0.29) is 10.8 Å². The molecule has 0 aromatic heterocycles. The van der Waals surface area contributed by atoms with Gasteiger partial charge in [0.05, 0.1) is 0 Å². The van der Waals surface area contributed by atoms with Crippen LogP contribution in [-0.4, -0.2) is 0 Å². The van der Waals surface area contributed by atoms with E-state index >= 15 is 0 Å². The summed E-state index contributed by atoms with van der Waals surface area (Å²) in [6.45, 7) is 7.73. The van der Waals surface area contributed by atoms with Crippen LogP contribution in [0.25, 0.3) is 0 Å². The number of ether oxygens (including phenoxy) is 2. The Morgan fingerprint density at radius 1 is 0.658 bits per heavy atom. The van der Waals surface area contributed by atoms with Crippen LogP contribution in [0.15, 0.2) is 97.1 Å². The summed E-state index contributed by atoms with van der Waals surface area (Å²) in [4.78, 5) is 0. The fourth-order valence-corrected chi connectivity index (χ4v) is 6.34. The third-order valence-electron chi connectivity index (χ3n) is 7.69. The minimum absolute atomic E-state index is 0.0583. The maximum Gasteiger partial charge on any atom is 0.127 e. The number of nitrogen functional groups attached to an aromatic ring is 2. The van der Waals surface area contributed by atoms with Crippen LogP contribution in [0.5, 0.6) is 17.2 Å². The van der Waals surface area contributed by atoms with Gasteiger partial charge < -0.3 is 20.9 Å². The maximum absolute atomic E-state index is 6.09. The molecule has 0 bridgehead atoms. The second-order valence-electron chi connectivity index (χ2n) is 11.7. The molecule has 1 aliphatic rings. The van der Waals surface area contributed by atoms with Crippen LogP contribution in [0.3, 0.4) is 0 Å². The molecule has 1 fully saturated rings. The second kappa shape index (κ2) is 10.4. The van der Waals surface area contributed by atoms with Crippen molar-refractivity contribution < 1.29 is 9.47 Å². The van der Waals surface area contributed by atoms with Gasteiger partial charge in [-0.15, -0.1) is 0 Å². The number of anilines is 2. The van der Waals surface area contributed by atoms with Crippen molar-refractivity contribution in [2.75, 3.05) is 11.5 Å². The van der Waals surface area contributed by atoms with Gasteiger partial charge in [0.25, 0.3) is 0 Å². The molecule has 0 spiro atoms. The molecule has 38 heavy (non-hydrogen) atoms. The molecule has 0 amide bonds. The Morgan fingerprint density at radius 2 is 1.13 bits per heavy atom. The highest BCUT2D eigenvalue weighted by atomic mass is 16.5. The van der Waals surface area contributed by atoms with Gasteiger partial charge in [-0.2, -0.15) is 0 Å². The van der Waals surface area contributed by atoms with Crippen molar-refractivity contribution in [1.29, 1.82) is 0 Å². The Bertz CT molecular complexity index is 1340. The first kappa shape index (κ1) is 25.7. The first-order valence-electron chi connectivity index (χ1n) is 13.4. The molecular weight excluding hydrogens is 468 g/mol. The monoisotopic (exact) mass is 506 g/mol. The lowest BCUT2D eigenvalue weighted by molar-refractivity contribution is 0.127. The Morgan fingerprint density at radius 3 is 1.66 bits per heavy atom. The summed E-state index contributed by atoms with van der Waals surface area (Å²) < 4.78 is 12.1. The third-order valence-corrected chi connectivity index (χ3v) is 7.69. The van der Waals surface area contributed by atoms with Gasteiger partial charge in [0.15, 0.2) is 0 Å². The molecule has 4 aromatic carbocycles. The first-order valence-corrected chi connectivity index (χ1v) is 13.4. The van der Waals surface area contributed by atoms with E-state index in [0.29, 0.717) is 12.5 Å². The molecule has 2 atom stereocenters. The summed E-state index contributed by atoms with van der Waals surface area (Å²) in [5.74, 6) is 3.06. The molecule has 1 aliphatic carbocycles. The number of hydrogen-bond donors (Lipinski definition) is 2. The average Bonchev–Trinajstić information content (AvgIpc) is 2.89. The lowest BCUT2D eigenvalue weighted by Gasteiger charge is -2.48. The van der Waals surface area contributed by atoms with Gasteiger partial charge in [-0.1, -0.05) is 57.2 Å². The summed E-state index contributed by atoms with van der Waals surface area (Å²) >= 11 is 0. The van der Waals surface area contributed by atoms with E-state index in [1.807, 2.05) is 48.5 Å². The number of benzene rings is 4. The van der Waals surface area contributed by atoms with E-state index in [0.717, 1.165) is 47.0 Å². The largest absolute Gasteiger partial charge is 0.489 e. The van der Waals surface area contributed by atoms with Gasteiger partial charge in [0.1, 0.15) is 23.9 Å². The molecule has 0 aliphatic heterocycles. The van der Waals surface area contributed by atoms with Crippen LogP contribution in [0, 0.1) is 11.3 Å². The fourth-order valence-electron chi connectivity index (χ4n) is 6.34. The van der Waals surface area contributed by atoms with Crippen LogP contribution in [0.2, 0.25) is 0 Å². The van der Waals surface area contributed by atoms with E-state index in [9.17, 15) is 0 Å². The zero-order valence-electron chi connectivity index (χ0n) is 22.6. The van der Waals surface area contributed by atoms with E-state index in [1.165, 1.54) is 17.5 Å². The van der Waals surface area contributed by atoms with Crippen molar-refractivity contribution >= 4 is 11.4 Å². The molecule has 4 N–H and O–H groups in total. The number of nitrogens with two attached hydrogens (primary N) is 2. The number of rotatable bonds is 7. The normalized spacial score (nSPS) is 20.6. The summed E-state index contributed by atoms with van der Waals surface area (Å²) in [5, 5.41) is 0.